The molecule has 1 heterocycles. The molecule has 0 fully saturated rings. The van der Waals surface area contributed by atoms with Gasteiger partial charge >= 0.3 is 51.4 Å². The molecule has 0 saturated carbocycles. The predicted octanol–water partition coefficient (Wildman–Crippen LogP) is 1.46. The summed E-state index contributed by atoms with van der Waals surface area (Å²) in [6.45, 7) is 25.0. The Balaban J connectivity index is 0. The zero-order valence-corrected chi connectivity index (χ0v) is 22.2. The normalized spacial score (nSPS) is 16.0. The van der Waals surface area contributed by atoms with Gasteiger partial charge in [0.25, 0.3) is 0 Å². The monoisotopic (exact) mass is 367 g/mol. The van der Waals surface area contributed by atoms with E-state index < -0.39 is 16.5 Å². The first kappa shape index (κ1) is 25.7. The number of rotatable bonds is 4. The Kier molecular flexibility index (Phi) is 13.1. The van der Waals surface area contributed by atoms with Gasteiger partial charge in [0.05, 0.1) is 25.2 Å². The van der Waals surface area contributed by atoms with Crippen molar-refractivity contribution in [3.8, 4) is 0 Å². The maximum absolute atomic E-state index is 4.82. The van der Waals surface area contributed by atoms with Crippen LogP contribution in [-0.2, 0) is 0 Å². The molecule has 6 heteroatoms. The quantitative estimate of drug-likeness (QED) is 0.418. The summed E-state index contributed by atoms with van der Waals surface area (Å²) in [5, 5.41) is 0. The number of nitrogens with zero attached hydrogens (tertiary/aromatic N) is 3. The summed E-state index contributed by atoms with van der Waals surface area (Å²) in [5.74, 6) is 0. The van der Waals surface area contributed by atoms with E-state index in [1.165, 1.54) is 19.5 Å². The van der Waals surface area contributed by atoms with Gasteiger partial charge in [0.15, 0.2) is 0 Å². The van der Waals surface area contributed by atoms with Crippen molar-refractivity contribution in [1.82, 2.24) is 4.90 Å². The van der Waals surface area contributed by atoms with E-state index in [-0.39, 0.29) is 51.4 Å². The van der Waals surface area contributed by atoms with Crippen LogP contribution in [0, 0.1) is 0 Å². The van der Waals surface area contributed by atoms with Crippen molar-refractivity contribution in [2.75, 3.05) is 13.1 Å². The molecule has 0 aromatic rings. The molecular weight excluding hydrogens is 329 g/mol. The summed E-state index contributed by atoms with van der Waals surface area (Å²) in [7, 11) is -2.21. The van der Waals surface area contributed by atoms with Gasteiger partial charge in [0, 0.05) is 6.42 Å². The molecule has 22 heavy (non-hydrogen) atoms. The minimum absolute atomic E-state index is 0. The first-order valence-electron chi connectivity index (χ1n) is 8.35. The second-order valence-corrected chi connectivity index (χ2v) is 18.1. The van der Waals surface area contributed by atoms with E-state index in [1.807, 2.05) is 0 Å². The first-order valence-corrected chi connectivity index (χ1v) is 15.2. The van der Waals surface area contributed by atoms with E-state index in [0.29, 0.717) is 12.1 Å². The molecule has 0 N–H and O–H groups in total. The molecule has 126 valence electrons. The van der Waals surface area contributed by atoms with Gasteiger partial charge in [-0.25, -0.2) is 0 Å². The van der Waals surface area contributed by atoms with Crippen molar-refractivity contribution in [2.45, 2.75) is 85.5 Å². The molecule has 0 bridgehead atoms. The molecule has 0 amide bonds. The van der Waals surface area contributed by atoms with Crippen LogP contribution >= 0.6 is 0 Å². The Labute approximate surface area is 184 Å². The van der Waals surface area contributed by atoms with Crippen molar-refractivity contribution in [3.63, 3.8) is 0 Å². The van der Waals surface area contributed by atoms with Gasteiger partial charge in [-0.1, -0.05) is 55.8 Å². The van der Waals surface area contributed by atoms with Crippen LogP contribution in [-0.4, -0.2) is 57.5 Å². The van der Waals surface area contributed by atoms with E-state index in [4.69, 9.17) is 4.65 Å². The minimum Gasteiger partial charge on any atom is -0.668 e. The second-order valence-electron chi connectivity index (χ2n) is 8.48. The third-order valence-corrected chi connectivity index (χ3v) is 8.34. The standard InChI is InChI=1S/C10H20N2.C6H18NSi2.K/c1-9(2)11-6-5-7-12(8-11)10(3)4;1-8(2,3)7-9(4,5)6;/h9-10H,5-7H2,1-4H3;1-6H3;/q;-1;+1. The second kappa shape index (κ2) is 11.2. The van der Waals surface area contributed by atoms with Crippen molar-refractivity contribution in [1.29, 1.82) is 0 Å². The predicted molar refractivity (Wildman–Crippen MR) is 102 cm³/mol. The molecule has 0 spiro atoms. The molecule has 1 aliphatic rings. The fraction of sp³-hybridized carbons (Fsp3) is 0.938. The summed E-state index contributed by atoms with van der Waals surface area (Å²) in [6, 6.07) is 1.18. The minimum atomic E-state index is -1.11. The average Bonchev–Trinajstić information content (AvgIpc) is 2.24. The van der Waals surface area contributed by atoms with E-state index in [2.05, 4.69) is 82.8 Å². The molecule has 0 aromatic carbocycles. The fourth-order valence-corrected chi connectivity index (χ4v) is 10.5. The third-order valence-electron chi connectivity index (χ3n) is 2.97. The zero-order valence-electron chi connectivity index (χ0n) is 17.1. The largest absolute Gasteiger partial charge is 1.00 e. The SMILES string of the molecule is CC(C)N1[C-]=[N+](C(C)C)CCC1.C[Si](C)(C)[N-][Si](C)(C)C.[K+]. The molecule has 0 atom stereocenters. The zero-order chi connectivity index (χ0) is 16.8. The van der Waals surface area contributed by atoms with Gasteiger partial charge < -0.3 is 14.1 Å². The van der Waals surface area contributed by atoms with E-state index in [9.17, 15) is 0 Å². The third kappa shape index (κ3) is 13.9. The summed E-state index contributed by atoms with van der Waals surface area (Å²) < 4.78 is 7.11. The molecule has 0 unspecified atom stereocenters. The van der Waals surface area contributed by atoms with Crippen LogP contribution in [0.25, 0.3) is 4.65 Å². The van der Waals surface area contributed by atoms with Crippen LogP contribution in [0.3, 0.4) is 0 Å². The van der Waals surface area contributed by atoms with Crippen LogP contribution in [0.15, 0.2) is 0 Å². The Morgan fingerprint density at radius 2 is 1.41 bits per heavy atom. The van der Waals surface area contributed by atoms with E-state index in [1.54, 1.807) is 0 Å². The van der Waals surface area contributed by atoms with Gasteiger partial charge in [-0.15, -0.1) is 6.34 Å². The van der Waals surface area contributed by atoms with E-state index >= 15 is 0 Å². The van der Waals surface area contributed by atoms with Gasteiger partial charge in [0.2, 0.25) is 0 Å². The topological polar surface area (TPSA) is 20.4 Å². The van der Waals surface area contributed by atoms with Crippen LogP contribution in [0.4, 0.5) is 0 Å². The molecule has 3 nitrogen and oxygen atoms in total. The van der Waals surface area contributed by atoms with Gasteiger partial charge in [0.1, 0.15) is 0 Å². The number of hydrogen-bond donors (Lipinski definition) is 0. The molecule has 0 aromatic heterocycles. The maximum Gasteiger partial charge on any atom is 1.00 e. The van der Waals surface area contributed by atoms with Crippen LogP contribution in [0.5, 0.6) is 0 Å². The number of hydrogen-bond acceptors (Lipinski definition) is 1. The van der Waals surface area contributed by atoms with Crippen molar-refractivity contribution >= 4 is 22.8 Å². The average molecular weight is 368 g/mol. The van der Waals surface area contributed by atoms with Crippen molar-refractivity contribution < 1.29 is 56.0 Å². The van der Waals surface area contributed by atoms with Crippen LogP contribution in [0.1, 0.15) is 34.1 Å². The van der Waals surface area contributed by atoms with Crippen LogP contribution in [0.2, 0.25) is 39.3 Å². The summed E-state index contributed by atoms with van der Waals surface area (Å²) in [6.07, 6.45) is 4.69. The Bertz CT molecular complexity index is 319. The fourth-order valence-electron chi connectivity index (χ4n) is 2.43. The summed E-state index contributed by atoms with van der Waals surface area (Å²) in [4.78, 5) is 2.30. The first-order chi connectivity index (χ1) is 9.32. The maximum atomic E-state index is 4.82. The summed E-state index contributed by atoms with van der Waals surface area (Å²) >= 11 is 0. The van der Waals surface area contributed by atoms with Crippen LogP contribution < -0.4 is 51.4 Å². The Morgan fingerprint density at radius 1 is 0.955 bits per heavy atom. The smallest absolute Gasteiger partial charge is 0.668 e. The molecule has 0 saturated heterocycles. The van der Waals surface area contributed by atoms with E-state index in [0.717, 1.165) is 0 Å². The van der Waals surface area contributed by atoms with Crippen molar-refractivity contribution in [3.05, 3.63) is 4.65 Å². The van der Waals surface area contributed by atoms with Gasteiger partial charge in [-0.05, 0) is 27.7 Å². The summed E-state index contributed by atoms with van der Waals surface area (Å²) in [5.41, 5.74) is 0. The van der Waals surface area contributed by atoms with Crippen molar-refractivity contribution in [2.24, 2.45) is 0 Å². The van der Waals surface area contributed by atoms with Gasteiger partial charge in [-0.2, -0.15) is 0 Å². The Hall–Kier alpha value is 1.50. The molecule has 0 aliphatic carbocycles. The molecule has 0 radical (unpaired) electrons. The molecule has 1 aliphatic heterocycles. The Morgan fingerprint density at radius 3 is 1.68 bits per heavy atom. The molecular formula is C16H38KN3Si2. The molecule has 1 rings (SSSR count). The van der Waals surface area contributed by atoms with Gasteiger partial charge in [-0.3, -0.25) is 0 Å².